The normalized spacial score (nSPS) is 11.6. The fourth-order valence-corrected chi connectivity index (χ4v) is 7.29. The fourth-order valence-electron chi connectivity index (χ4n) is 7.29. The van der Waals surface area contributed by atoms with Gasteiger partial charge in [-0.3, -0.25) is 4.57 Å². The molecule has 0 aliphatic rings. The topological polar surface area (TPSA) is 48.5 Å². The van der Waals surface area contributed by atoms with Gasteiger partial charge in [-0.2, -0.15) is 0 Å². The Balaban J connectivity index is 1.20. The van der Waals surface area contributed by atoms with E-state index < -0.39 is 0 Å². The van der Waals surface area contributed by atoms with Gasteiger partial charge in [0.05, 0.1) is 22.2 Å². The molecule has 0 fully saturated rings. The average Bonchev–Trinajstić information content (AvgIpc) is 3.71. The first-order valence-electron chi connectivity index (χ1n) is 16.8. The zero-order valence-corrected chi connectivity index (χ0v) is 27.0. The third-order valence-electron chi connectivity index (χ3n) is 9.59. The molecular formula is C45H29N5. The van der Waals surface area contributed by atoms with E-state index in [9.17, 15) is 0 Å². The van der Waals surface area contributed by atoms with Crippen molar-refractivity contribution in [1.29, 1.82) is 0 Å². The van der Waals surface area contributed by atoms with Gasteiger partial charge in [-0.1, -0.05) is 115 Å². The molecule has 4 aromatic heterocycles. The van der Waals surface area contributed by atoms with Crippen molar-refractivity contribution in [2.24, 2.45) is 0 Å². The average molecular weight is 640 g/mol. The standard InChI is InChI=1S/C45H29N5/c1-4-13-30(14-5-1)39-29-43(48-44(47-39)31-15-6-2-7-16-31)50-42-28-33(22-24-36(42)37-20-12-26-46-45(37)50)32-23-25-41-38(27-32)35-19-10-11-21-40(35)49(41)34-17-8-3-9-18-34/h1-29H. The quantitative estimate of drug-likeness (QED) is 0.188. The number of aromatic nitrogens is 5. The molecule has 0 amide bonds. The summed E-state index contributed by atoms with van der Waals surface area (Å²) >= 11 is 0. The van der Waals surface area contributed by atoms with E-state index in [1.54, 1.807) is 0 Å². The summed E-state index contributed by atoms with van der Waals surface area (Å²) in [6, 6.07) is 59.5. The van der Waals surface area contributed by atoms with Crippen molar-refractivity contribution in [2.45, 2.75) is 0 Å². The van der Waals surface area contributed by atoms with Gasteiger partial charge in [0.15, 0.2) is 5.82 Å². The van der Waals surface area contributed by atoms with Crippen LogP contribution in [0.1, 0.15) is 0 Å². The minimum absolute atomic E-state index is 0.671. The first-order valence-corrected chi connectivity index (χ1v) is 16.8. The summed E-state index contributed by atoms with van der Waals surface area (Å²) in [4.78, 5) is 15.1. The smallest absolute Gasteiger partial charge is 0.162 e. The molecule has 10 rings (SSSR count). The van der Waals surface area contributed by atoms with Crippen molar-refractivity contribution in [2.75, 3.05) is 0 Å². The van der Waals surface area contributed by atoms with Crippen molar-refractivity contribution in [1.82, 2.24) is 24.1 Å². The Morgan fingerprint density at radius 3 is 1.84 bits per heavy atom. The Hall–Kier alpha value is -6.85. The molecule has 5 nitrogen and oxygen atoms in total. The number of benzene rings is 6. The van der Waals surface area contributed by atoms with Crippen LogP contribution in [-0.2, 0) is 0 Å². The Morgan fingerprint density at radius 1 is 0.380 bits per heavy atom. The van der Waals surface area contributed by atoms with Crippen molar-refractivity contribution in [3.63, 3.8) is 0 Å². The molecule has 0 aliphatic carbocycles. The van der Waals surface area contributed by atoms with E-state index in [1.807, 2.05) is 48.7 Å². The molecule has 0 radical (unpaired) electrons. The number of pyridine rings is 1. The fraction of sp³-hybridized carbons (Fsp3) is 0. The zero-order valence-electron chi connectivity index (χ0n) is 27.0. The molecule has 0 N–H and O–H groups in total. The minimum Gasteiger partial charge on any atom is -0.309 e. The maximum atomic E-state index is 5.19. The number of rotatable bonds is 5. The van der Waals surface area contributed by atoms with Crippen LogP contribution in [0.3, 0.4) is 0 Å². The van der Waals surface area contributed by atoms with Crippen molar-refractivity contribution < 1.29 is 0 Å². The lowest BCUT2D eigenvalue weighted by atomic mass is 10.0. The highest BCUT2D eigenvalue weighted by molar-refractivity contribution is 6.12. The van der Waals surface area contributed by atoms with Crippen LogP contribution < -0.4 is 0 Å². The number of para-hydroxylation sites is 2. The first-order chi connectivity index (χ1) is 24.8. The van der Waals surface area contributed by atoms with Crippen LogP contribution in [0.25, 0.3) is 89.0 Å². The van der Waals surface area contributed by atoms with E-state index in [1.165, 1.54) is 21.8 Å². The molecular weight excluding hydrogens is 611 g/mol. The van der Waals surface area contributed by atoms with Gasteiger partial charge in [0.25, 0.3) is 0 Å². The number of hydrogen-bond donors (Lipinski definition) is 0. The maximum Gasteiger partial charge on any atom is 0.162 e. The Bertz CT molecular complexity index is 2800. The summed E-state index contributed by atoms with van der Waals surface area (Å²) in [5.41, 5.74) is 10.6. The monoisotopic (exact) mass is 639 g/mol. The van der Waals surface area contributed by atoms with Gasteiger partial charge in [0.2, 0.25) is 0 Å². The minimum atomic E-state index is 0.671. The molecule has 0 unspecified atom stereocenters. The Kier molecular flexibility index (Phi) is 6.42. The van der Waals surface area contributed by atoms with Crippen LogP contribution in [0.15, 0.2) is 176 Å². The van der Waals surface area contributed by atoms with Gasteiger partial charge in [0.1, 0.15) is 11.5 Å². The van der Waals surface area contributed by atoms with E-state index in [-0.39, 0.29) is 0 Å². The highest BCUT2D eigenvalue weighted by Gasteiger charge is 2.19. The summed E-state index contributed by atoms with van der Waals surface area (Å²) in [5.74, 6) is 1.44. The van der Waals surface area contributed by atoms with Crippen LogP contribution in [0.5, 0.6) is 0 Å². The molecule has 0 aliphatic heterocycles. The molecule has 5 heteroatoms. The maximum absolute atomic E-state index is 5.19. The van der Waals surface area contributed by atoms with Crippen LogP contribution in [0, 0.1) is 0 Å². The van der Waals surface area contributed by atoms with Crippen molar-refractivity contribution in [3.8, 4) is 45.3 Å². The summed E-state index contributed by atoms with van der Waals surface area (Å²) in [6.07, 6.45) is 1.85. The van der Waals surface area contributed by atoms with E-state index in [0.29, 0.717) is 5.82 Å². The molecule has 0 bridgehead atoms. The summed E-state index contributed by atoms with van der Waals surface area (Å²) in [6.45, 7) is 0. The molecule has 4 heterocycles. The summed E-state index contributed by atoms with van der Waals surface area (Å²) in [5, 5.41) is 4.66. The predicted octanol–water partition coefficient (Wildman–Crippen LogP) is 11.1. The lowest BCUT2D eigenvalue weighted by molar-refractivity contribution is 1.03. The zero-order chi connectivity index (χ0) is 33.0. The third-order valence-corrected chi connectivity index (χ3v) is 9.59. The van der Waals surface area contributed by atoms with E-state index in [2.05, 4.69) is 137 Å². The van der Waals surface area contributed by atoms with E-state index in [4.69, 9.17) is 15.0 Å². The molecule has 234 valence electrons. The lowest BCUT2D eigenvalue weighted by Crippen LogP contribution is -2.03. The molecule has 0 saturated heterocycles. The van der Waals surface area contributed by atoms with Crippen LogP contribution in [0.4, 0.5) is 0 Å². The number of hydrogen-bond acceptors (Lipinski definition) is 3. The molecule has 0 atom stereocenters. The second-order valence-electron chi connectivity index (χ2n) is 12.5. The van der Waals surface area contributed by atoms with Gasteiger partial charge in [-0.25, -0.2) is 15.0 Å². The number of nitrogens with zero attached hydrogens (tertiary/aromatic N) is 5. The predicted molar refractivity (Wildman–Crippen MR) is 205 cm³/mol. The molecule has 50 heavy (non-hydrogen) atoms. The second-order valence-corrected chi connectivity index (χ2v) is 12.5. The van der Waals surface area contributed by atoms with Gasteiger partial charge >= 0.3 is 0 Å². The molecule has 0 saturated carbocycles. The molecule has 6 aromatic carbocycles. The second kappa shape index (κ2) is 11.4. The summed E-state index contributed by atoms with van der Waals surface area (Å²) < 4.78 is 4.54. The Labute approximate surface area is 288 Å². The highest BCUT2D eigenvalue weighted by Crippen LogP contribution is 2.38. The van der Waals surface area contributed by atoms with Crippen molar-refractivity contribution >= 4 is 43.7 Å². The van der Waals surface area contributed by atoms with Crippen LogP contribution in [0.2, 0.25) is 0 Å². The van der Waals surface area contributed by atoms with Gasteiger partial charge in [0, 0.05) is 50.6 Å². The van der Waals surface area contributed by atoms with Gasteiger partial charge in [-0.05, 0) is 59.7 Å². The largest absolute Gasteiger partial charge is 0.309 e. The van der Waals surface area contributed by atoms with Gasteiger partial charge in [-0.15, -0.1) is 0 Å². The third kappa shape index (κ3) is 4.52. The SMILES string of the molecule is c1ccc(-c2cc(-n3c4cc(-c5ccc6c(c5)c5ccccc5n6-c5ccccc5)ccc4c4cccnc43)nc(-c3ccccc3)n2)cc1. The van der Waals surface area contributed by atoms with E-state index in [0.717, 1.165) is 61.4 Å². The van der Waals surface area contributed by atoms with Crippen LogP contribution >= 0.6 is 0 Å². The Morgan fingerprint density at radius 2 is 1.02 bits per heavy atom. The molecule has 10 aromatic rings. The van der Waals surface area contributed by atoms with E-state index >= 15 is 0 Å². The highest BCUT2D eigenvalue weighted by atomic mass is 15.1. The lowest BCUT2D eigenvalue weighted by Gasteiger charge is -2.12. The summed E-state index contributed by atoms with van der Waals surface area (Å²) in [7, 11) is 0. The van der Waals surface area contributed by atoms with Crippen molar-refractivity contribution in [3.05, 3.63) is 176 Å². The first kappa shape index (κ1) is 28.2. The van der Waals surface area contributed by atoms with Crippen LogP contribution in [-0.4, -0.2) is 24.1 Å². The molecule has 0 spiro atoms. The number of fused-ring (bicyclic) bond motifs is 6. The van der Waals surface area contributed by atoms with Gasteiger partial charge < -0.3 is 4.57 Å².